The minimum Gasteiger partial charge on any atom is -0.394 e. The molecule has 35 heteroatoms. The molecule has 0 amide bonds. The molecule has 448 valence electrons. The molecule has 21 aliphatic rings. The van der Waals surface area contributed by atoms with Crippen LogP contribution in [0.15, 0.2) is 0 Å². The van der Waals surface area contributed by atoms with E-state index in [2.05, 4.69) is 12.6 Å². The maximum Gasteiger partial charge on any atom is 0.187 e. The fourth-order valence-corrected chi connectivity index (χ4v) is 10.7. The van der Waals surface area contributed by atoms with Crippen LogP contribution in [0.4, 0.5) is 0 Å². The number of hydrogen-bond acceptors (Lipinski definition) is 35. The van der Waals surface area contributed by atoms with Crippen LogP contribution >= 0.6 is 12.6 Å². The van der Waals surface area contributed by atoms with Crippen molar-refractivity contribution in [1.82, 2.24) is 0 Å². The molecule has 0 aromatic heterocycles. The van der Waals surface area contributed by atoms with Crippen molar-refractivity contribution in [2.24, 2.45) is 0 Å². The van der Waals surface area contributed by atoms with Crippen molar-refractivity contribution in [2.45, 2.75) is 215 Å². The topological polar surface area (TPSA) is 534 Å². The zero-order chi connectivity index (χ0) is 56.1. The Morgan fingerprint density at radius 3 is 0.455 bits per heavy atom. The zero-order valence-electron chi connectivity index (χ0n) is 40.3. The largest absolute Gasteiger partial charge is 0.394 e. The first kappa shape index (κ1) is 62.0. The minimum atomic E-state index is -2.20. The third kappa shape index (κ3) is 12.2. The Morgan fingerprint density at radius 2 is 0.325 bits per heavy atom. The summed E-state index contributed by atoms with van der Waals surface area (Å²) in [5.74, 6) is -0.352. The molecule has 0 aromatic carbocycles. The third-order valence-corrected chi connectivity index (χ3v) is 15.1. The van der Waals surface area contributed by atoms with Crippen LogP contribution in [-0.4, -0.2) is 362 Å². The van der Waals surface area contributed by atoms with Crippen LogP contribution in [0.25, 0.3) is 0 Å². The second-order valence-electron chi connectivity index (χ2n) is 19.7. The number of aliphatic hydroxyl groups excluding tert-OH is 20. The van der Waals surface area contributed by atoms with Crippen LogP contribution < -0.4 is 0 Å². The fourth-order valence-electron chi connectivity index (χ4n) is 10.4. The second kappa shape index (κ2) is 26.3. The van der Waals surface area contributed by atoms with Crippen molar-refractivity contribution in [2.75, 3.05) is 45.4 Å². The summed E-state index contributed by atoms with van der Waals surface area (Å²) in [6.45, 7) is -6.17. The highest BCUT2D eigenvalue weighted by Gasteiger charge is 2.59. The van der Waals surface area contributed by atoms with Gasteiger partial charge < -0.3 is 168 Å². The number of rotatable bonds is 7. The molecule has 77 heavy (non-hydrogen) atoms. The standard InChI is InChI=1S/C42H70O34S/c43-1-8-29-16(50)23(57)37(64-8)72-31-10(3-45)66-39(25(59)18(31)52)74-33-12(5-47)68-41(27(61)20(33)54)76-35-14(7-77)69-42(28(62)21(35)55)75-34-13(6-48)67-40(26(60)19(34)53)73-32-11(4-46)65-38(24(58)17(32)51)71-30-9(2-44)63-36(70-29)22(56)15(30)49/h8-62,77H,1-7H2/t8-,9-,10-,11-,12-,13-,14-,15-,16-,17-,18-,19-,20-,21-,22-,23-,24-,25-,26-,27-,28-,29-,30-,31-,32-,33-,34-,35-,36-,37-,38-,39-,40-,41-,42-/m1/s1. The molecule has 0 spiro atoms. The molecule has 0 radical (unpaired) electrons. The van der Waals surface area contributed by atoms with Gasteiger partial charge in [0.1, 0.15) is 165 Å². The highest BCUT2D eigenvalue weighted by atomic mass is 32.1. The van der Waals surface area contributed by atoms with Crippen molar-refractivity contribution in [1.29, 1.82) is 0 Å². The van der Waals surface area contributed by atoms with Gasteiger partial charge in [-0.1, -0.05) is 0 Å². The maximum atomic E-state index is 11.4. The third-order valence-electron chi connectivity index (χ3n) is 14.8. The normalized spacial score (nSPS) is 55.4. The van der Waals surface area contributed by atoms with Gasteiger partial charge in [-0.3, -0.25) is 0 Å². The molecule has 21 rings (SSSR count). The van der Waals surface area contributed by atoms with Crippen molar-refractivity contribution in [3.05, 3.63) is 0 Å². The Morgan fingerprint density at radius 1 is 0.195 bits per heavy atom. The van der Waals surface area contributed by atoms with Gasteiger partial charge in [0, 0.05) is 5.75 Å². The molecule has 21 saturated heterocycles. The molecular formula is C42H70O34S. The van der Waals surface area contributed by atoms with Gasteiger partial charge in [0.25, 0.3) is 0 Å². The van der Waals surface area contributed by atoms with E-state index in [1.54, 1.807) is 0 Å². The molecule has 14 bridgehead atoms. The molecule has 20 N–H and O–H groups in total. The lowest BCUT2D eigenvalue weighted by molar-refractivity contribution is -0.396. The first-order valence-electron chi connectivity index (χ1n) is 24.6. The molecule has 0 aliphatic carbocycles. The summed E-state index contributed by atoms with van der Waals surface area (Å²) in [6, 6.07) is 0. The number of aliphatic hydroxyl groups is 20. The van der Waals surface area contributed by atoms with E-state index in [0.29, 0.717) is 0 Å². The Hall–Kier alpha value is -1.01. The first-order valence-corrected chi connectivity index (χ1v) is 25.3. The lowest BCUT2D eigenvalue weighted by Gasteiger charge is -2.50. The molecule has 21 aliphatic heterocycles. The average molecular weight is 1150 g/mol. The van der Waals surface area contributed by atoms with Gasteiger partial charge in [0.2, 0.25) is 0 Å². The van der Waals surface area contributed by atoms with E-state index in [-0.39, 0.29) is 5.75 Å². The summed E-state index contributed by atoms with van der Waals surface area (Å²) in [7, 11) is 0. The molecule has 0 aromatic rings. The lowest BCUT2D eigenvalue weighted by atomic mass is 9.95. The Kier molecular flexibility index (Phi) is 21.2. The molecule has 34 nitrogen and oxygen atoms in total. The second-order valence-corrected chi connectivity index (χ2v) is 20.0. The van der Waals surface area contributed by atoms with E-state index in [1.165, 1.54) is 0 Å². The first-order chi connectivity index (χ1) is 36.7. The zero-order valence-corrected chi connectivity index (χ0v) is 41.2. The summed E-state index contributed by atoms with van der Waals surface area (Å²) < 4.78 is 80.0. The van der Waals surface area contributed by atoms with E-state index in [9.17, 15) is 102 Å². The molecular weight excluding hydrogens is 1080 g/mol. The molecule has 35 atom stereocenters. The molecule has 0 unspecified atom stereocenters. The van der Waals surface area contributed by atoms with E-state index < -0.39 is 255 Å². The smallest absolute Gasteiger partial charge is 0.187 e. The molecule has 21 fully saturated rings. The van der Waals surface area contributed by atoms with Crippen molar-refractivity contribution in [3.8, 4) is 0 Å². The molecule has 0 saturated carbocycles. The van der Waals surface area contributed by atoms with Crippen LogP contribution in [0, 0.1) is 0 Å². The van der Waals surface area contributed by atoms with E-state index >= 15 is 0 Å². The van der Waals surface area contributed by atoms with Crippen LogP contribution in [0.3, 0.4) is 0 Å². The van der Waals surface area contributed by atoms with Crippen molar-refractivity contribution in [3.63, 3.8) is 0 Å². The predicted molar refractivity (Wildman–Crippen MR) is 235 cm³/mol. The number of ether oxygens (including phenoxy) is 14. The van der Waals surface area contributed by atoms with Crippen LogP contribution in [-0.2, 0) is 66.3 Å². The monoisotopic (exact) mass is 1150 g/mol. The summed E-state index contributed by atoms with van der Waals surface area (Å²) >= 11 is 4.23. The highest BCUT2D eigenvalue weighted by molar-refractivity contribution is 7.80. The van der Waals surface area contributed by atoms with E-state index in [0.717, 1.165) is 0 Å². The van der Waals surface area contributed by atoms with Gasteiger partial charge in [0.05, 0.1) is 45.7 Å². The van der Waals surface area contributed by atoms with Crippen LogP contribution in [0.1, 0.15) is 0 Å². The van der Waals surface area contributed by atoms with Gasteiger partial charge in [-0.05, 0) is 0 Å². The number of hydrogen-bond donors (Lipinski definition) is 21. The fraction of sp³-hybridized carbons (Fsp3) is 1.00. The van der Waals surface area contributed by atoms with E-state index in [4.69, 9.17) is 66.3 Å². The van der Waals surface area contributed by atoms with Crippen molar-refractivity contribution < 1.29 is 168 Å². The Labute approximate surface area is 440 Å². The van der Waals surface area contributed by atoms with Gasteiger partial charge in [-0.15, -0.1) is 0 Å². The SMILES string of the molecule is OC[C@H]1O[C@@H]2O[C@H]3[C@H](O)[C@@H](O)[C@@H](O[C@H]4[C@H](O)[C@@H](O)[C@@H](O[C@H]5[C@H](O)[C@@H](O)[C@@H](O[C@H]6[C@H](O)[C@@H](O)[C@@H](O[C@H]7[C@H](O)[C@@H](O)[C@@H](O[C@H]8[C@H](O)[C@@H](O)[C@@H](O[C@H]1[C@H](O)[C@H]2O)O[C@@H]8CO)O[C@@H]7CO)O[C@@H]6CO)O[C@@H]5CS)O[C@@H]4CO)O[C@@H]3CO. The van der Waals surface area contributed by atoms with Gasteiger partial charge in [0.15, 0.2) is 44.0 Å². The average Bonchev–Trinajstić information content (AvgIpc) is 3.45. The summed E-state index contributed by atoms with van der Waals surface area (Å²) in [5.41, 5.74) is 0. The number of thiol groups is 1. The van der Waals surface area contributed by atoms with E-state index in [1.807, 2.05) is 0 Å². The van der Waals surface area contributed by atoms with Gasteiger partial charge in [-0.2, -0.15) is 12.6 Å². The summed E-state index contributed by atoms with van der Waals surface area (Å²) in [4.78, 5) is 0. The van der Waals surface area contributed by atoms with Crippen LogP contribution in [0.2, 0.25) is 0 Å². The lowest BCUT2D eigenvalue weighted by Crippen LogP contribution is -2.68. The minimum absolute atomic E-state index is 0.352. The van der Waals surface area contributed by atoms with Crippen molar-refractivity contribution >= 4 is 12.6 Å². The van der Waals surface area contributed by atoms with Crippen LogP contribution in [0.5, 0.6) is 0 Å². The quantitative estimate of drug-likeness (QED) is 0.105. The molecule has 21 heterocycles. The summed E-state index contributed by atoms with van der Waals surface area (Å²) in [6.07, 6.45) is -68.7. The highest BCUT2D eigenvalue weighted by Crippen LogP contribution is 2.39. The summed E-state index contributed by atoms with van der Waals surface area (Å²) in [5, 5.41) is 220. The Balaban J connectivity index is 1.08. The Bertz CT molecular complexity index is 1470. The predicted octanol–water partition coefficient (Wildman–Crippen LogP) is -14.3. The van der Waals surface area contributed by atoms with Gasteiger partial charge >= 0.3 is 0 Å². The maximum absolute atomic E-state index is 11.4. The van der Waals surface area contributed by atoms with Gasteiger partial charge in [-0.25, -0.2) is 0 Å².